The summed E-state index contributed by atoms with van der Waals surface area (Å²) < 4.78 is 0. The van der Waals surface area contributed by atoms with E-state index in [1.54, 1.807) is 0 Å². The fourth-order valence-electron chi connectivity index (χ4n) is 0.960. The molecule has 1 aromatic rings. The van der Waals surface area contributed by atoms with E-state index < -0.39 is 18.6 Å². The number of aliphatic hydroxyl groups excluding tert-OH is 2. The third-order valence-corrected chi connectivity index (χ3v) is 1.83. The number of aliphatic hydroxyl groups is 2. The van der Waals surface area contributed by atoms with Crippen LogP contribution in [0.4, 0.5) is 0 Å². The highest BCUT2D eigenvalue weighted by molar-refractivity contribution is 5.92. The Labute approximate surface area is 92.2 Å². The number of hydrogen-bond acceptors (Lipinski definition) is 5. The number of nitrogens with zero attached hydrogens (tertiary/aromatic N) is 2. The van der Waals surface area contributed by atoms with Gasteiger partial charge in [0.2, 0.25) is 0 Å². The van der Waals surface area contributed by atoms with Crippen LogP contribution in [0.25, 0.3) is 0 Å². The molecule has 3 N–H and O–H groups in total. The Morgan fingerprint density at radius 3 is 2.88 bits per heavy atom. The van der Waals surface area contributed by atoms with E-state index in [-0.39, 0.29) is 12.2 Å². The Balaban J connectivity index is 2.57. The van der Waals surface area contributed by atoms with E-state index in [0.29, 0.717) is 5.56 Å². The zero-order valence-corrected chi connectivity index (χ0v) is 8.42. The van der Waals surface area contributed by atoms with Crippen LogP contribution in [0.1, 0.15) is 16.1 Å². The van der Waals surface area contributed by atoms with Crippen molar-refractivity contribution in [2.75, 3.05) is 13.2 Å². The molecule has 0 saturated carbocycles. The van der Waals surface area contributed by atoms with Crippen molar-refractivity contribution in [3.05, 3.63) is 29.6 Å². The molecule has 1 atom stereocenters. The summed E-state index contributed by atoms with van der Waals surface area (Å²) >= 11 is 0. The van der Waals surface area contributed by atoms with Gasteiger partial charge in [-0.15, -0.1) is 0 Å². The van der Waals surface area contributed by atoms with Gasteiger partial charge in [-0.1, -0.05) is 0 Å². The molecule has 0 radical (unpaired) electrons. The average Bonchev–Trinajstić information content (AvgIpc) is 2.35. The lowest BCUT2D eigenvalue weighted by molar-refractivity contribution is 0.0799. The molecule has 0 aliphatic heterocycles. The first kappa shape index (κ1) is 12.1. The van der Waals surface area contributed by atoms with Crippen LogP contribution in [0.15, 0.2) is 18.3 Å². The number of rotatable bonds is 4. The van der Waals surface area contributed by atoms with E-state index in [0.717, 1.165) is 0 Å². The van der Waals surface area contributed by atoms with E-state index in [1.165, 1.54) is 18.3 Å². The first-order valence-corrected chi connectivity index (χ1v) is 4.60. The van der Waals surface area contributed by atoms with E-state index in [1.807, 2.05) is 6.07 Å². The van der Waals surface area contributed by atoms with Crippen LogP contribution in [-0.4, -0.2) is 40.4 Å². The normalized spacial score (nSPS) is 11.6. The molecule has 6 heteroatoms. The molecule has 0 aromatic carbocycles. The third kappa shape index (κ3) is 3.31. The molecule has 16 heavy (non-hydrogen) atoms. The highest BCUT2D eigenvalue weighted by Gasteiger charge is 2.09. The van der Waals surface area contributed by atoms with Gasteiger partial charge in [0.25, 0.3) is 5.91 Å². The molecule has 0 bridgehead atoms. The van der Waals surface area contributed by atoms with E-state index in [9.17, 15) is 4.79 Å². The Morgan fingerprint density at radius 1 is 1.62 bits per heavy atom. The van der Waals surface area contributed by atoms with Crippen molar-refractivity contribution in [3.63, 3.8) is 0 Å². The summed E-state index contributed by atoms with van der Waals surface area (Å²) in [6.07, 6.45) is 0.305. The second-order valence-electron chi connectivity index (χ2n) is 3.09. The highest BCUT2D eigenvalue weighted by Crippen LogP contribution is 1.98. The molecule has 0 spiro atoms. The molecule has 84 valence electrons. The predicted molar refractivity (Wildman–Crippen MR) is 54.4 cm³/mol. The van der Waals surface area contributed by atoms with Gasteiger partial charge in [-0.3, -0.25) is 4.79 Å². The Kier molecular flexibility index (Phi) is 4.39. The molecule has 1 aromatic heterocycles. The fraction of sp³-hybridized carbons (Fsp3) is 0.300. The van der Waals surface area contributed by atoms with Crippen molar-refractivity contribution in [1.82, 2.24) is 10.3 Å². The number of aromatic nitrogens is 1. The lowest BCUT2D eigenvalue weighted by Gasteiger charge is -2.08. The average molecular weight is 221 g/mol. The van der Waals surface area contributed by atoms with Gasteiger partial charge < -0.3 is 15.5 Å². The summed E-state index contributed by atoms with van der Waals surface area (Å²) in [5.74, 6) is -0.461. The number of carbonyl (C=O) groups excluding carboxylic acids is 1. The standard InChI is InChI=1S/C10H11N3O3/c11-3-7-1-2-9(12-4-7)10(16)13-5-8(15)6-14/h1-2,4,8,14-15H,5-6H2,(H,13,16). The largest absolute Gasteiger partial charge is 0.394 e. The van der Waals surface area contributed by atoms with Gasteiger partial charge in [0.15, 0.2) is 0 Å². The van der Waals surface area contributed by atoms with Crippen molar-refractivity contribution in [1.29, 1.82) is 5.26 Å². The molecular weight excluding hydrogens is 210 g/mol. The molecule has 0 saturated heterocycles. The van der Waals surface area contributed by atoms with E-state index in [4.69, 9.17) is 15.5 Å². The first-order valence-electron chi connectivity index (χ1n) is 4.60. The first-order chi connectivity index (χ1) is 7.67. The maximum Gasteiger partial charge on any atom is 0.269 e. The number of carbonyl (C=O) groups is 1. The monoisotopic (exact) mass is 221 g/mol. The molecule has 0 aliphatic rings. The number of hydrogen-bond donors (Lipinski definition) is 3. The maximum atomic E-state index is 11.4. The molecule has 0 aliphatic carbocycles. The van der Waals surface area contributed by atoms with Crippen LogP contribution in [0.3, 0.4) is 0 Å². The van der Waals surface area contributed by atoms with Crippen molar-refractivity contribution >= 4 is 5.91 Å². The smallest absolute Gasteiger partial charge is 0.269 e. The summed E-state index contributed by atoms with van der Waals surface area (Å²) in [6.45, 7) is -0.460. The Hall–Kier alpha value is -1.97. The molecule has 1 amide bonds. The van der Waals surface area contributed by atoms with Crippen LogP contribution in [0.5, 0.6) is 0 Å². The van der Waals surface area contributed by atoms with Gasteiger partial charge in [-0.25, -0.2) is 4.98 Å². The number of pyridine rings is 1. The van der Waals surface area contributed by atoms with Crippen LogP contribution in [0.2, 0.25) is 0 Å². The summed E-state index contributed by atoms with van der Waals surface area (Å²) in [7, 11) is 0. The summed E-state index contributed by atoms with van der Waals surface area (Å²) in [6, 6.07) is 4.78. The van der Waals surface area contributed by atoms with Crippen LogP contribution >= 0.6 is 0 Å². The minimum atomic E-state index is -0.984. The minimum absolute atomic E-state index is 0.0446. The second kappa shape index (κ2) is 5.80. The van der Waals surface area contributed by atoms with Crippen molar-refractivity contribution in [3.8, 4) is 6.07 Å². The van der Waals surface area contributed by atoms with Gasteiger partial charge >= 0.3 is 0 Å². The lowest BCUT2D eigenvalue weighted by atomic mass is 10.2. The number of nitrogens with one attached hydrogen (secondary N) is 1. The summed E-state index contributed by atoms with van der Waals surface area (Å²) in [5, 5.41) is 28.5. The second-order valence-corrected chi connectivity index (χ2v) is 3.09. The van der Waals surface area contributed by atoms with Gasteiger partial charge in [0, 0.05) is 12.7 Å². The van der Waals surface area contributed by atoms with Gasteiger partial charge in [0.05, 0.1) is 18.3 Å². The number of amides is 1. The van der Waals surface area contributed by atoms with Crippen LogP contribution < -0.4 is 5.32 Å². The lowest BCUT2D eigenvalue weighted by Crippen LogP contribution is -2.34. The molecule has 0 fully saturated rings. The minimum Gasteiger partial charge on any atom is -0.394 e. The highest BCUT2D eigenvalue weighted by atomic mass is 16.3. The molecule has 6 nitrogen and oxygen atoms in total. The van der Waals surface area contributed by atoms with Crippen LogP contribution in [-0.2, 0) is 0 Å². The Bertz CT molecular complexity index is 397. The SMILES string of the molecule is N#Cc1ccc(C(=O)NCC(O)CO)nc1. The molecule has 1 heterocycles. The Morgan fingerprint density at radius 2 is 2.38 bits per heavy atom. The summed E-state index contributed by atoms with van der Waals surface area (Å²) in [5.41, 5.74) is 0.524. The van der Waals surface area contributed by atoms with Crippen LogP contribution in [0, 0.1) is 11.3 Å². The zero-order chi connectivity index (χ0) is 12.0. The molecule has 1 rings (SSSR count). The number of nitriles is 1. The van der Waals surface area contributed by atoms with E-state index in [2.05, 4.69) is 10.3 Å². The topological polar surface area (TPSA) is 106 Å². The molecular formula is C10H11N3O3. The van der Waals surface area contributed by atoms with Crippen molar-refractivity contribution in [2.45, 2.75) is 6.10 Å². The summed E-state index contributed by atoms with van der Waals surface area (Å²) in [4.78, 5) is 15.2. The quantitative estimate of drug-likeness (QED) is 0.607. The van der Waals surface area contributed by atoms with E-state index >= 15 is 0 Å². The van der Waals surface area contributed by atoms with Gasteiger partial charge in [-0.05, 0) is 12.1 Å². The van der Waals surface area contributed by atoms with Crippen molar-refractivity contribution < 1.29 is 15.0 Å². The zero-order valence-electron chi connectivity index (χ0n) is 8.42. The van der Waals surface area contributed by atoms with Crippen molar-refractivity contribution in [2.24, 2.45) is 0 Å². The predicted octanol–water partition coefficient (Wildman–Crippen LogP) is -0.964. The maximum absolute atomic E-state index is 11.4. The fourth-order valence-corrected chi connectivity index (χ4v) is 0.960. The third-order valence-electron chi connectivity index (χ3n) is 1.83. The van der Waals surface area contributed by atoms with Gasteiger partial charge in [-0.2, -0.15) is 5.26 Å². The molecule has 1 unspecified atom stereocenters. The van der Waals surface area contributed by atoms with Gasteiger partial charge in [0.1, 0.15) is 11.8 Å².